The number of anilines is 3. The van der Waals surface area contributed by atoms with E-state index in [1.807, 2.05) is 37.3 Å². The molecule has 1 heterocycles. The molecule has 9 nitrogen and oxygen atoms in total. The third-order valence-corrected chi connectivity index (χ3v) is 3.74. The Morgan fingerprint density at radius 3 is 2.43 bits per heavy atom. The third-order valence-electron chi connectivity index (χ3n) is 3.74. The van der Waals surface area contributed by atoms with Gasteiger partial charge >= 0.3 is 0 Å². The first-order chi connectivity index (χ1) is 13.4. The molecular formula is C19H15N7O2. The van der Waals surface area contributed by atoms with E-state index in [9.17, 15) is 15.4 Å². The Labute approximate surface area is 160 Å². The predicted molar refractivity (Wildman–Crippen MR) is 105 cm³/mol. The molecule has 138 valence electrons. The van der Waals surface area contributed by atoms with Crippen molar-refractivity contribution in [1.29, 1.82) is 5.26 Å². The minimum atomic E-state index is -0.492. The molecule has 0 unspecified atom stereocenters. The average Bonchev–Trinajstić information content (AvgIpc) is 2.68. The highest BCUT2D eigenvalue weighted by Gasteiger charge is 2.11. The first-order valence-electron chi connectivity index (χ1n) is 8.16. The van der Waals surface area contributed by atoms with Crippen molar-refractivity contribution in [2.75, 3.05) is 11.1 Å². The van der Waals surface area contributed by atoms with Gasteiger partial charge in [-0.25, -0.2) is 0 Å². The van der Waals surface area contributed by atoms with Gasteiger partial charge in [0.05, 0.1) is 10.5 Å². The topological polar surface area (TPSA) is 144 Å². The van der Waals surface area contributed by atoms with E-state index in [0.29, 0.717) is 5.56 Å². The van der Waals surface area contributed by atoms with Gasteiger partial charge in [0.25, 0.3) is 5.69 Å². The van der Waals surface area contributed by atoms with Crippen molar-refractivity contribution < 1.29 is 4.92 Å². The van der Waals surface area contributed by atoms with Crippen LogP contribution in [-0.2, 0) is 0 Å². The molecule has 3 N–H and O–H groups in total. The Kier molecular flexibility index (Phi) is 5.23. The lowest BCUT2D eigenvalue weighted by molar-refractivity contribution is -0.384. The number of benzene rings is 2. The van der Waals surface area contributed by atoms with Crippen LogP contribution in [0.25, 0.3) is 11.6 Å². The summed E-state index contributed by atoms with van der Waals surface area (Å²) in [5.41, 5.74) is 8.34. The summed E-state index contributed by atoms with van der Waals surface area (Å²) in [5, 5.41) is 23.3. The average molecular weight is 373 g/mol. The maximum Gasteiger partial charge on any atom is 0.269 e. The molecule has 0 aliphatic rings. The van der Waals surface area contributed by atoms with Crippen LogP contribution in [0, 0.1) is 28.4 Å². The van der Waals surface area contributed by atoms with E-state index >= 15 is 0 Å². The maximum atomic E-state index is 10.7. The van der Waals surface area contributed by atoms with Gasteiger partial charge in [-0.1, -0.05) is 17.7 Å². The third kappa shape index (κ3) is 4.44. The standard InChI is InChI=1S/C19H15N7O2/c1-12-2-6-15(7-3-12)22-19-24-17(23-18(21)25-19)14(11-20)10-13-4-8-16(9-5-13)26(27)28/h2-10H,1H3,(H3,21,22,23,24,25). The Balaban J connectivity index is 1.92. The van der Waals surface area contributed by atoms with Crippen molar-refractivity contribution in [3.63, 3.8) is 0 Å². The summed E-state index contributed by atoms with van der Waals surface area (Å²) >= 11 is 0. The summed E-state index contributed by atoms with van der Waals surface area (Å²) in [7, 11) is 0. The van der Waals surface area contributed by atoms with Gasteiger partial charge in [-0.05, 0) is 42.8 Å². The molecule has 0 saturated carbocycles. The monoisotopic (exact) mass is 373 g/mol. The van der Waals surface area contributed by atoms with E-state index in [0.717, 1.165) is 11.3 Å². The number of nitrogen functional groups attached to an aromatic ring is 1. The van der Waals surface area contributed by atoms with Crippen molar-refractivity contribution in [2.24, 2.45) is 0 Å². The number of aromatic nitrogens is 3. The van der Waals surface area contributed by atoms with Crippen LogP contribution in [0.1, 0.15) is 17.0 Å². The zero-order valence-electron chi connectivity index (χ0n) is 14.8. The van der Waals surface area contributed by atoms with Crippen molar-refractivity contribution in [2.45, 2.75) is 6.92 Å². The molecule has 0 amide bonds. The summed E-state index contributed by atoms with van der Waals surface area (Å²) in [5.74, 6) is 0.267. The lowest BCUT2D eigenvalue weighted by atomic mass is 10.1. The van der Waals surface area contributed by atoms with Gasteiger partial charge in [-0.15, -0.1) is 0 Å². The van der Waals surface area contributed by atoms with Crippen LogP contribution in [0.4, 0.5) is 23.3 Å². The van der Waals surface area contributed by atoms with E-state index in [1.54, 1.807) is 0 Å². The fraction of sp³-hybridized carbons (Fsp3) is 0.0526. The molecule has 3 rings (SSSR count). The number of non-ortho nitro benzene ring substituents is 1. The summed E-state index contributed by atoms with van der Waals surface area (Å²) in [6.07, 6.45) is 1.52. The van der Waals surface area contributed by atoms with Crippen molar-refractivity contribution in [3.05, 3.63) is 75.6 Å². The minimum absolute atomic E-state index is 0.0374. The van der Waals surface area contributed by atoms with Crippen molar-refractivity contribution in [3.8, 4) is 6.07 Å². The van der Waals surface area contributed by atoms with Gasteiger partial charge in [0, 0.05) is 17.8 Å². The molecule has 3 aromatic rings. The molecule has 0 aliphatic carbocycles. The second kappa shape index (κ2) is 7.92. The zero-order valence-corrected chi connectivity index (χ0v) is 14.8. The molecule has 0 fully saturated rings. The Morgan fingerprint density at radius 1 is 1.14 bits per heavy atom. The molecule has 0 saturated heterocycles. The van der Waals surface area contributed by atoms with E-state index in [2.05, 4.69) is 20.3 Å². The fourth-order valence-corrected chi connectivity index (χ4v) is 2.34. The van der Waals surface area contributed by atoms with Gasteiger partial charge < -0.3 is 11.1 Å². The number of nitriles is 1. The Bertz CT molecular complexity index is 1080. The summed E-state index contributed by atoms with van der Waals surface area (Å²) in [6, 6.07) is 15.4. The molecule has 9 heteroatoms. The molecule has 0 atom stereocenters. The fourth-order valence-electron chi connectivity index (χ4n) is 2.34. The number of allylic oxidation sites excluding steroid dienone is 1. The van der Waals surface area contributed by atoms with Gasteiger partial charge in [0.2, 0.25) is 11.9 Å². The number of nitrogens with zero attached hydrogens (tertiary/aromatic N) is 5. The minimum Gasteiger partial charge on any atom is -0.368 e. The largest absolute Gasteiger partial charge is 0.368 e. The Morgan fingerprint density at radius 2 is 1.82 bits per heavy atom. The van der Waals surface area contributed by atoms with E-state index < -0.39 is 4.92 Å². The second-order valence-corrected chi connectivity index (χ2v) is 5.85. The quantitative estimate of drug-likeness (QED) is 0.393. The van der Waals surface area contributed by atoms with Gasteiger partial charge in [-0.3, -0.25) is 10.1 Å². The van der Waals surface area contributed by atoms with Gasteiger partial charge in [0.15, 0.2) is 5.82 Å². The summed E-state index contributed by atoms with van der Waals surface area (Å²) in [6.45, 7) is 1.98. The number of hydrogen-bond acceptors (Lipinski definition) is 8. The molecule has 0 radical (unpaired) electrons. The van der Waals surface area contributed by atoms with Crippen molar-refractivity contribution >= 4 is 34.9 Å². The smallest absolute Gasteiger partial charge is 0.269 e. The second-order valence-electron chi connectivity index (χ2n) is 5.85. The van der Waals surface area contributed by atoms with Crippen LogP contribution in [0.3, 0.4) is 0 Å². The van der Waals surface area contributed by atoms with E-state index in [1.165, 1.54) is 30.3 Å². The molecule has 0 aliphatic heterocycles. The molecular weight excluding hydrogens is 358 g/mol. The SMILES string of the molecule is Cc1ccc(Nc2nc(N)nc(C(C#N)=Cc3ccc([N+](=O)[O-])cc3)n2)cc1. The van der Waals surface area contributed by atoms with Crippen LogP contribution in [0.15, 0.2) is 48.5 Å². The number of nitro groups is 1. The van der Waals surface area contributed by atoms with Crippen LogP contribution in [-0.4, -0.2) is 19.9 Å². The Hall–Kier alpha value is -4.32. The first kappa shape index (κ1) is 18.5. The molecule has 1 aromatic heterocycles. The summed E-state index contributed by atoms with van der Waals surface area (Å²) < 4.78 is 0. The highest BCUT2D eigenvalue weighted by Crippen LogP contribution is 2.20. The number of nitrogens with two attached hydrogens (primary N) is 1. The molecule has 28 heavy (non-hydrogen) atoms. The lowest BCUT2D eigenvalue weighted by Crippen LogP contribution is -2.06. The van der Waals surface area contributed by atoms with Crippen LogP contribution >= 0.6 is 0 Å². The maximum absolute atomic E-state index is 10.7. The molecule has 0 bridgehead atoms. The van der Waals surface area contributed by atoms with Gasteiger partial charge in [-0.2, -0.15) is 20.2 Å². The highest BCUT2D eigenvalue weighted by atomic mass is 16.6. The number of nitro benzene ring substituents is 1. The van der Waals surface area contributed by atoms with Crippen LogP contribution in [0.5, 0.6) is 0 Å². The van der Waals surface area contributed by atoms with E-state index in [4.69, 9.17) is 5.73 Å². The zero-order chi connectivity index (χ0) is 20.1. The molecule has 0 spiro atoms. The highest BCUT2D eigenvalue weighted by molar-refractivity contribution is 5.87. The molecule has 2 aromatic carbocycles. The predicted octanol–water partition coefficient (Wildman–Crippen LogP) is 3.48. The number of hydrogen-bond donors (Lipinski definition) is 2. The number of aryl methyl sites for hydroxylation is 1. The summed E-state index contributed by atoms with van der Waals surface area (Å²) in [4.78, 5) is 22.6. The number of rotatable bonds is 5. The van der Waals surface area contributed by atoms with Gasteiger partial charge in [0.1, 0.15) is 6.07 Å². The van der Waals surface area contributed by atoms with Crippen LogP contribution < -0.4 is 11.1 Å². The van der Waals surface area contributed by atoms with Crippen LogP contribution in [0.2, 0.25) is 0 Å². The van der Waals surface area contributed by atoms with E-state index in [-0.39, 0.29) is 29.0 Å². The normalized spacial score (nSPS) is 10.9. The lowest BCUT2D eigenvalue weighted by Gasteiger charge is -2.07. The number of nitrogens with one attached hydrogen (secondary N) is 1. The first-order valence-corrected chi connectivity index (χ1v) is 8.16. The van der Waals surface area contributed by atoms with Crippen molar-refractivity contribution in [1.82, 2.24) is 15.0 Å².